The second-order valence-corrected chi connectivity index (χ2v) is 6.42. The first kappa shape index (κ1) is 13.0. The van der Waals surface area contributed by atoms with Gasteiger partial charge in [0.15, 0.2) is 0 Å². The molecule has 2 aliphatic heterocycles. The molecule has 4 nitrogen and oxygen atoms in total. The maximum absolute atomic E-state index is 12.9. The quantitative estimate of drug-likeness (QED) is 0.798. The summed E-state index contributed by atoms with van der Waals surface area (Å²) in [6.07, 6.45) is 6.35. The lowest BCUT2D eigenvalue weighted by atomic mass is 9.98. The van der Waals surface area contributed by atoms with Crippen molar-refractivity contribution in [3.05, 3.63) is 58.1 Å². The third kappa shape index (κ3) is 1.99. The van der Waals surface area contributed by atoms with Gasteiger partial charge in [-0.3, -0.25) is 4.79 Å². The molecule has 0 radical (unpaired) electrons. The van der Waals surface area contributed by atoms with E-state index in [1.54, 1.807) is 6.33 Å². The fourth-order valence-corrected chi connectivity index (χ4v) is 3.96. The van der Waals surface area contributed by atoms with E-state index < -0.39 is 0 Å². The van der Waals surface area contributed by atoms with Crippen LogP contribution < -0.4 is 0 Å². The van der Waals surface area contributed by atoms with E-state index in [-0.39, 0.29) is 18.0 Å². The molecule has 2 aromatic rings. The van der Waals surface area contributed by atoms with E-state index >= 15 is 0 Å². The van der Waals surface area contributed by atoms with Crippen LogP contribution in [-0.4, -0.2) is 26.8 Å². The maximum Gasteiger partial charge on any atom is 0.255 e. The SMILES string of the molecule is O=C(c1ccccc1Br)N1[C@H]2CC[C@H]1c1cncnc1C2. The van der Waals surface area contributed by atoms with Crippen molar-refractivity contribution < 1.29 is 4.79 Å². The smallest absolute Gasteiger partial charge is 0.255 e. The number of rotatable bonds is 1. The Balaban J connectivity index is 1.75. The minimum absolute atomic E-state index is 0.101. The van der Waals surface area contributed by atoms with Gasteiger partial charge in [0, 0.05) is 28.7 Å². The molecule has 1 aromatic heterocycles. The number of amides is 1. The van der Waals surface area contributed by atoms with E-state index in [4.69, 9.17) is 0 Å². The van der Waals surface area contributed by atoms with Crippen molar-refractivity contribution >= 4 is 21.8 Å². The summed E-state index contributed by atoms with van der Waals surface area (Å²) < 4.78 is 0.851. The van der Waals surface area contributed by atoms with E-state index in [0.717, 1.165) is 40.6 Å². The third-order valence-electron chi connectivity index (χ3n) is 4.46. The zero-order chi connectivity index (χ0) is 14.4. The molecule has 4 rings (SSSR count). The Morgan fingerprint density at radius 2 is 2.14 bits per heavy atom. The predicted octanol–water partition coefficient (Wildman–Crippen LogP) is 3.14. The minimum Gasteiger partial charge on any atom is -0.328 e. The fourth-order valence-electron chi connectivity index (χ4n) is 3.51. The summed E-state index contributed by atoms with van der Waals surface area (Å²) >= 11 is 3.48. The average molecular weight is 344 g/mol. The molecule has 5 heteroatoms. The van der Waals surface area contributed by atoms with Crippen molar-refractivity contribution in [2.24, 2.45) is 0 Å². The molecule has 0 unspecified atom stereocenters. The second-order valence-electron chi connectivity index (χ2n) is 5.57. The van der Waals surface area contributed by atoms with Gasteiger partial charge in [-0.2, -0.15) is 0 Å². The maximum atomic E-state index is 12.9. The summed E-state index contributed by atoms with van der Waals surface area (Å²) in [5.41, 5.74) is 2.95. The van der Waals surface area contributed by atoms with Crippen LogP contribution >= 0.6 is 15.9 Å². The molecule has 1 amide bonds. The number of nitrogens with zero attached hydrogens (tertiary/aromatic N) is 3. The molecule has 0 N–H and O–H groups in total. The van der Waals surface area contributed by atoms with Crippen LogP contribution in [0.1, 0.15) is 40.5 Å². The molecule has 2 atom stereocenters. The normalized spacial score (nSPS) is 23.0. The molecule has 3 heterocycles. The molecule has 1 aromatic carbocycles. The standard InChI is InChI=1S/C16H14BrN3O/c17-13-4-2-1-3-11(13)16(21)20-10-5-6-15(20)12-8-18-9-19-14(12)7-10/h1-4,8-10,15H,5-7H2/t10-,15-/m0/s1. The summed E-state index contributed by atoms with van der Waals surface area (Å²) in [5, 5.41) is 0. The number of benzene rings is 1. The van der Waals surface area contributed by atoms with Crippen molar-refractivity contribution in [3.8, 4) is 0 Å². The van der Waals surface area contributed by atoms with E-state index in [2.05, 4.69) is 25.9 Å². The molecular formula is C16H14BrN3O. The lowest BCUT2D eigenvalue weighted by Crippen LogP contribution is -2.42. The highest BCUT2D eigenvalue weighted by molar-refractivity contribution is 9.10. The molecule has 2 aliphatic rings. The van der Waals surface area contributed by atoms with Crippen molar-refractivity contribution in [3.63, 3.8) is 0 Å². The Labute approximate surface area is 131 Å². The molecule has 0 saturated carbocycles. The van der Waals surface area contributed by atoms with Gasteiger partial charge in [-0.05, 0) is 40.9 Å². The molecule has 21 heavy (non-hydrogen) atoms. The van der Waals surface area contributed by atoms with Crippen LogP contribution in [0, 0.1) is 0 Å². The first-order valence-corrected chi connectivity index (χ1v) is 7.91. The van der Waals surface area contributed by atoms with Gasteiger partial charge in [-0.15, -0.1) is 0 Å². The Morgan fingerprint density at radius 1 is 1.29 bits per heavy atom. The molecule has 0 spiro atoms. The second kappa shape index (κ2) is 4.91. The van der Waals surface area contributed by atoms with Crippen LogP contribution in [0.4, 0.5) is 0 Å². The van der Waals surface area contributed by atoms with E-state index in [0.29, 0.717) is 0 Å². The van der Waals surface area contributed by atoms with Gasteiger partial charge in [-0.25, -0.2) is 9.97 Å². The zero-order valence-electron chi connectivity index (χ0n) is 11.4. The topological polar surface area (TPSA) is 46.1 Å². The van der Waals surface area contributed by atoms with Crippen molar-refractivity contribution in [2.45, 2.75) is 31.3 Å². The van der Waals surface area contributed by atoms with Gasteiger partial charge in [0.1, 0.15) is 6.33 Å². The summed E-state index contributed by atoms with van der Waals surface area (Å²) in [7, 11) is 0. The van der Waals surface area contributed by atoms with Crippen molar-refractivity contribution in [1.82, 2.24) is 14.9 Å². The van der Waals surface area contributed by atoms with Gasteiger partial charge in [0.2, 0.25) is 0 Å². The van der Waals surface area contributed by atoms with Crippen molar-refractivity contribution in [1.29, 1.82) is 0 Å². The third-order valence-corrected chi connectivity index (χ3v) is 5.15. The number of hydrogen-bond acceptors (Lipinski definition) is 3. The number of hydrogen-bond donors (Lipinski definition) is 0. The van der Waals surface area contributed by atoms with Crippen LogP contribution in [0.5, 0.6) is 0 Å². The number of aromatic nitrogens is 2. The molecular weight excluding hydrogens is 330 g/mol. The molecule has 0 aliphatic carbocycles. The molecule has 2 bridgehead atoms. The lowest BCUT2D eigenvalue weighted by molar-refractivity contribution is 0.0643. The summed E-state index contributed by atoms with van der Waals surface area (Å²) in [5.74, 6) is 0.101. The Kier molecular flexibility index (Phi) is 3.03. The predicted molar refractivity (Wildman–Crippen MR) is 81.8 cm³/mol. The highest BCUT2D eigenvalue weighted by Crippen LogP contribution is 2.43. The Bertz CT molecular complexity index is 718. The molecule has 1 saturated heterocycles. The Hall–Kier alpha value is -1.75. The van der Waals surface area contributed by atoms with Crippen LogP contribution in [-0.2, 0) is 6.42 Å². The van der Waals surface area contributed by atoms with E-state index in [1.165, 1.54) is 0 Å². The van der Waals surface area contributed by atoms with Gasteiger partial charge >= 0.3 is 0 Å². The van der Waals surface area contributed by atoms with Gasteiger partial charge in [-0.1, -0.05) is 12.1 Å². The Morgan fingerprint density at radius 3 is 3.00 bits per heavy atom. The molecule has 1 fully saturated rings. The van der Waals surface area contributed by atoms with Gasteiger partial charge < -0.3 is 4.90 Å². The van der Waals surface area contributed by atoms with Crippen LogP contribution in [0.25, 0.3) is 0 Å². The number of halogens is 1. The fraction of sp³-hybridized carbons (Fsp3) is 0.312. The van der Waals surface area contributed by atoms with Crippen LogP contribution in [0.15, 0.2) is 41.3 Å². The van der Waals surface area contributed by atoms with Gasteiger partial charge in [0.05, 0.1) is 17.3 Å². The first-order chi connectivity index (χ1) is 10.3. The zero-order valence-corrected chi connectivity index (χ0v) is 13.0. The van der Waals surface area contributed by atoms with Crippen LogP contribution in [0.3, 0.4) is 0 Å². The first-order valence-electron chi connectivity index (χ1n) is 7.11. The van der Waals surface area contributed by atoms with Crippen LogP contribution in [0.2, 0.25) is 0 Å². The largest absolute Gasteiger partial charge is 0.328 e. The highest BCUT2D eigenvalue weighted by atomic mass is 79.9. The van der Waals surface area contributed by atoms with E-state index in [9.17, 15) is 4.79 Å². The number of fused-ring (bicyclic) bond motifs is 4. The lowest BCUT2D eigenvalue weighted by Gasteiger charge is -2.35. The monoisotopic (exact) mass is 343 g/mol. The number of carbonyl (C=O) groups excluding carboxylic acids is 1. The average Bonchev–Trinajstić information content (AvgIpc) is 2.82. The number of carbonyl (C=O) groups is 1. The van der Waals surface area contributed by atoms with E-state index in [1.807, 2.05) is 35.4 Å². The minimum atomic E-state index is 0.101. The van der Waals surface area contributed by atoms with Crippen molar-refractivity contribution in [2.75, 3.05) is 0 Å². The summed E-state index contributed by atoms with van der Waals surface area (Å²) in [4.78, 5) is 23.5. The molecule has 106 valence electrons. The highest BCUT2D eigenvalue weighted by Gasteiger charge is 2.43. The summed E-state index contributed by atoms with van der Waals surface area (Å²) in [6.45, 7) is 0. The van der Waals surface area contributed by atoms with Gasteiger partial charge in [0.25, 0.3) is 5.91 Å². The summed E-state index contributed by atoms with van der Waals surface area (Å²) in [6, 6.07) is 8.01.